The Morgan fingerprint density at radius 3 is 2.70 bits per heavy atom. The van der Waals surface area contributed by atoms with Gasteiger partial charge in [-0.3, -0.25) is 4.79 Å². The van der Waals surface area contributed by atoms with E-state index in [0.29, 0.717) is 23.8 Å². The highest BCUT2D eigenvalue weighted by Crippen LogP contribution is 2.22. The van der Waals surface area contributed by atoms with Gasteiger partial charge < -0.3 is 16.0 Å². The Bertz CT molecular complexity index is 441. The molecule has 1 fully saturated rings. The number of para-hydroxylation sites is 2. The van der Waals surface area contributed by atoms with Gasteiger partial charge in [0.05, 0.1) is 11.4 Å². The van der Waals surface area contributed by atoms with Crippen molar-refractivity contribution < 1.29 is 4.79 Å². The standard InChI is InChI=1S/C16H25N3O/c1-19(13-7-3-2-4-8-13)12-11-16(20)18-15-10-6-5-9-14(15)17/h5-6,9-10,13H,2-4,7-8,11-12,17H2,1H3,(H,18,20). The lowest BCUT2D eigenvalue weighted by molar-refractivity contribution is -0.116. The van der Waals surface area contributed by atoms with Crippen LogP contribution in [0.3, 0.4) is 0 Å². The van der Waals surface area contributed by atoms with Crippen molar-refractivity contribution in [1.82, 2.24) is 4.90 Å². The maximum atomic E-state index is 12.0. The molecular formula is C16H25N3O. The highest BCUT2D eigenvalue weighted by Gasteiger charge is 2.18. The zero-order valence-corrected chi connectivity index (χ0v) is 12.3. The van der Waals surface area contributed by atoms with E-state index >= 15 is 0 Å². The van der Waals surface area contributed by atoms with Crippen LogP contribution in [0.15, 0.2) is 24.3 Å². The summed E-state index contributed by atoms with van der Waals surface area (Å²) in [5.74, 6) is 0.0329. The molecule has 0 atom stereocenters. The number of rotatable bonds is 5. The van der Waals surface area contributed by atoms with E-state index in [4.69, 9.17) is 5.73 Å². The molecule has 110 valence electrons. The van der Waals surface area contributed by atoms with Crippen molar-refractivity contribution in [2.75, 3.05) is 24.6 Å². The molecule has 2 rings (SSSR count). The van der Waals surface area contributed by atoms with Crippen molar-refractivity contribution in [2.24, 2.45) is 0 Å². The number of benzene rings is 1. The second kappa shape index (κ2) is 7.29. The average molecular weight is 275 g/mol. The van der Waals surface area contributed by atoms with Gasteiger partial charge in [0.15, 0.2) is 0 Å². The van der Waals surface area contributed by atoms with Gasteiger partial charge in [-0.25, -0.2) is 0 Å². The summed E-state index contributed by atoms with van der Waals surface area (Å²) in [6.45, 7) is 0.809. The molecule has 0 spiro atoms. The molecule has 0 bridgehead atoms. The Kier molecular flexibility index (Phi) is 5.41. The Morgan fingerprint density at radius 1 is 1.30 bits per heavy atom. The van der Waals surface area contributed by atoms with Gasteiger partial charge in [-0.2, -0.15) is 0 Å². The molecule has 1 amide bonds. The van der Waals surface area contributed by atoms with E-state index in [9.17, 15) is 4.79 Å². The van der Waals surface area contributed by atoms with Crippen LogP contribution in [-0.2, 0) is 4.79 Å². The Balaban J connectivity index is 1.76. The third-order valence-corrected chi connectivity index (χ3v) is 4.12. The average Bonchev–Trinajstić information content (AvgIpc) is 2.48. The predicted octanol–water partition coefficient (Wildman–Crippen LogP) is 2.86. The highest BCUT2D eigenvalue weighted by atomic mass is 16.1. The van der Waals surface area contributed by atoms with Gasteiger partial charge in [-0.1, -0.05) is 31.4 Å². The van der Waals surface area contributed by atoms with Crippen LogP contribution in [0.1, 0.15) is 38.5 Å². The zero-order chi connectivity index (χ0) is 14.4. The van der Waals surface area contributed by atoms with Gasteiger partial charge in [0.2, 0.25) is 5.91 Å². The quantitative estimate of drug-likeness (QED) is 0.812. The van der Waals surface area contributed by atoms with Crippen LogP contribution in [0, 0.1) is 0 Å². The maximum Gasteiger partial charge on any atom is 0.225 e. The van der Waals surface area contributed by atoms with Gasteiger partial charge >= 0.3 is 0 Å². The molecule has 4 heteroatoms. The maximum absolute atomic E-state index is 12.0. The van der Waals surface area contributed by atoms with Crippen LogP contribution in [0.4, 0.5) is 11.4 Å². The first-order valence-electron chi connectivity index (χ1n) is 7.51. The van der Waals surface area contributed by atoms with E-state index in [1.54, 1.807) is 6.07 Å². The second-order valence-electron chi connectivity index (χ2n) is 5.66. The number of hydrogen-bond acceptors (Lipinski definition) is 3. The first kappa shape index (κ1) is 14.9. The summed E-state index contributed by atoms with van der Waals surface area (Å²) in [7, 11) is 2.13. The number of nitrogens with zero attached hydrogens (tertiary/aromatic N) is 1. The minimum atomic E-state index is 0.0329. The van der Waals surface area contributed by atoms with E-state index in [1.165, 1.54) is 32.1 Å². The Labute approximate surface area is 121 Å². The molecule has 3 N–H and O–H groups in total. The van der Waals surface area contributed by atoms with Crippen molar-refractivity contribution in [1.29, 1.82) is 0 Å². The van der Waals surface area contributed by atoms with Crippen LogP contribution in [0.2, 0.25) is 0 Å². The van der Waals surface area contributed by atoms with Crippen molar-refractivity contribution in [3.8, 4) is 0 Å². The van der Waals surface area contributed by atoms with Gasteiger partial charge in [0.25, 0.3) is 0 Å². The lowest BCUT2D eigenvalue weighted by atomic mass is 9.94. The van der Waals surface area contributed by atoms with E-state index in [0.717, 1.165) is 6.54 Å². The Morgan fingerprint density at radius 2 is 2.00 bits per heavy atom. The fourth-order valence-electron chi connectivity index (χ4n) is 2.81. The summed E-state index contributed by atoms with van der Waals surface area (Å²) in [6, 6.07) is 8.02. The molecule has 1 aromatic carbocycles. The SMILES string of the molecule is CN(CCC(=O)Nc1ccccc1N)C1CCCCC1. The molecule has 0 aliphatic heterocycles. The fraction of sp³-hybridized carbons (Fsp3) is 0.562. The lowest BCUT2D eigenvalue weighted by Crippen LogP contribution is -2.35. The van der Waals surface area contributed by atoms with Crippen molar-refractivity contribution in [3.63, 3.8) is 0 Å². The minimum absolute atomic E-state index is 0.0329. The molecule has 0 unspecified atom stereocenters. The molecule has 0 heterocycles. The summed E-state index contributed by atoms with van der Waals surface area (Å²) >= 11 is 0. The molecule has 1 aromatic rings. The lowest BCUT2D eigenvalue weighted by Gasteiger charge is -2.30. The molecule has 0 saturated heterocycles. The largest absolute Gasteiger partial charge is 0.397 e. The molecule has 20 heavy (non-hydrogen) atoms. The van der Waals surface area contributed by atoms with E-state index in [-0.39, 0.29) is 5.91 Å². The topological polar surface area (TPSA) is 58.4 Å². The normalized spacial score (nSPS) is 16.3. The number of anilines is 2. The summed E-state index contributed by atoms with van der Waals surface area (Å²) in [5.41, 5.74) is 7.14. The van der Waals surface area contributed by atoms with Crippen LogP contribution < -0.4 is 11.1 Å². The summed E-state index contributed by atoms with van der Waals surface area (Å²) in [6.07, 6.45) is 7.05. The Hall–Kier alpha value is -1.55. The van der Waals surface area contributed by atoms with E-state index < -0.39 is 0 Å². The van der Waals surface area contributed by atoms with Crippen LogP contribution in [0.5, 0.6) is 0 Å². The molecule has 1 saturated carbocycles. The van der Waals surface area contributed by atoms with Crippen molar-refractivity contribution in [2.45, 2.75) is 44.6 Å². The predicted molar refractivity (Wildman–Crippen MR) is 83.6 cm³/mol. The highest BCUT2D eigenvalue weighted by molar-refractivity contribution is 5.93. The monoisotopic (exact) mass is 275 g/mol. The molecule has 1 aliphatic carbocycles. The fourth-order valence-corrected chi connectivity index (χ4v) is 2.81. The van der Waals surface area contributed by atoms with Crippen molar-refractivity contribution >= 4 is 17.3 Å². The third kappa shape index (κ3) is 4.23. The summed E-state index contributed by atoms with van der Waals surface area (Å²) < 4.78 is 0. The molecule has 4 nitrogen and oxygen atoms in total. The third-order valence-electron chi connectivity index (χ3n) is 4.12. The smallest absolute Gasteiger partial charge is 0.225 e. The number of carbonyl (C=O) groups excluding carboxylic acids is 1. The van der Waals surface area contributed by atoms with Gasteiger partial charge in [0.1, 0.15) is 0 Å². The molecular weight excluding hydrogens is 250 g/mol. The second-order valence-corrected chi connectivity index (χ2v) is 5.66. The van der Waals surface area contributed by atoms with E-state index in [1.807, 2.05) is 18.2 Å². The number of nitrogens with two attached hydrogens (primary N) is 1. The summed E-state index contributed by atoms with van der Waals surface area (Å²) in [4.78, 5) is 14.3. The van der Waals surface area contributed by atoms with Gasteiger partial charge in [-0.05, 0) is 32.0 Å². The zero-order valence-electron chi connectivity index (χ0n) is 12.3. The summed E-state index contributed by atoms with van der Waals surface area (Å²) in [5, 5.41) is 2.88. The number of carbonyl (C=O) groups is 1. The minimum Gasteiger partial charge on any atom is -0.397 e. The first-order chi connectivity index (χ1) is 9.66. The number of hydrogen-bond donors (Lipinski definition) is 2. The van der Waals surface area contributed by atoms with Gasteiger partial charge in [-0.15, -0.1) is 0 Å². The number of nitrogen functional groups attached to an aromatic ring is 1. The van der Waals surface area contributed by atoms with Crippen LogP contribution in [-0.4, -0.2) is 30.4 Å². The first-order valence-corrected chi connectivity index (χ1v) is 7.51. The molecule has 1 aliphatic rings. The number of amides is 1. The molecule has 0 aromatic heterocycles. The van der Waals surface area contributed by atoms with Gasteiger partial charge in [0, 0.05) is 19.0 Å². The van der Waals surface area contributed by atoms with Crippen molar-refractivity contribution in [3.05, 3.63) is 24.3 Å². The number of nitrogens with one attached hydrogen (secondary N) is 1. The van der Waals surface area contributed by atoms with Crippen LogP contribution >= 0.6 is 0 Å². The van der Waals surface area contributed by atoms with E-state index in [2.05, 4.69) is 17.3 Å². The van der Waals surface area contributed by atoms with Crippen LogP contribution in [0.25, 0.3) is 0 Å². The molecule has 0 radical (unpaired) electrons.